The molecule has 0 aliphatic carbocycles. The maximum absolute atomic E-state index is 13.3. The van der Waals surface area contributed by atoms with Crippen LogP contribution in [0.2, 0.25) is 0 Å². The van der Waals surface area contributed by atoms with Crippen molar-refractivity contribution in [2.24, 2.45) is 0 Å². The number of hydrogen-bond acceptors (Lipinski definition) is 7. The molecule has 2 aromatic heterocycles. The van der Waals surface area contributed by atoms with E-state index in [1.165, 1.54) is 0 Å². The molecule has 1 fully saturated rings. The highest BCUT2D eigenvalue weighted by Gasteiger charge is 2.38. The summed E-state index contributed by atoms with van der Waals surface area (Å²) in [5, 5.41) is 23.0. The van der Waals surface area contributed by atoms with Crippen molar-refractivity contribution in [3.8, 4) is 0 Å². The number of anilines is 1. The molecule has 1 aromatic carbocycles. The van der Waals surface area contributed by atoms with E-state index in [1.807, 2.05) is 44.4 Å². The topological polar surface area (TPSA) is 102 Å². The maximum Gasteiger partial charge on any atom is 0.272 e. The van der Waals surface area contributed by atoms with Gasteiger partial charge >= 0.3 is 0 Å². The first-order valence-electron chi connectivity index (χ1n) is 10.6. The van der Waals surface area contributed by atoms with Crippen LogP contribution in [0.15, 0.2) is 47.2 Å². The summed E-state index contributed by atoms with van der Waals surface area (Å²) in [6.07, 6.45) is 5.86. The van der Waals surface area contributed by atoms with Crippen LogP contribution in [0, 0.1) is 5.41 Å². The van der Waals surface area contributed by atoms with Gasteiger partial charge in [0.25, 0.3) is 5.91 Å². The van der Waals surface area contributed by atoms with Gasteiger partial charge in [-0.3, -0.25) is 15.2 Å². The first-order valence-corrected chi connectivity index (χ1v) is 12.0. The van der Waals surface area contributed by atoms with Crippen molar-refractivity contribution in [1.82, 2.24) is 9.88 Å². The molecular formula is C24H28N4O3S. The third-order valence-corrected chi connectivity index (χ3v) is 6.38. The van der Waals surface area contributed by atoms with E-state index in [0.717, 1.165) is 11.0 Å². The van der Waals surface area contributed by atoms with Gasteiger partial charge in [-0.05, 0) is 45.1 Å². The highest BCUT2D eigenvalue weighted by Crippen LogP contribution is 2.31. The van der Waals surface area contributed by atoms with Gasteiger partial charge < -0.3 is 19.7 Å². The zero-order valence-corrected chi connectivity index (χ0v) is 19.3. The second-order valence-corrected chi connectivity index (χ2v) is 9.53. The van der Waals surface area contributed by atoms with E-state index in [4.69, 9.17) is 9.83 Å². The van der Waals surface area contributed by atoms with Gasteiger partial charge in [-0.25, -0.2) is 0 Å². The fraction of sp³-hybridized carbons (Fsp3) is 0.375. The van der Waals surface area contributed by atoms with Crippen LogP contribution in [0.25, 0.3) is 11.0 Å². The summed E-state index contributed by atoms with van der Waals surface area (Å²) in [5.41, 5.74) is 2.85. The summed E-state index contributed by atoms with van der Waals surface area (Å²) >= 11 is 1.62. The third kappa shape index (κ3) is 4.25. The number of aliphatic hydroxyl groups excluding tert-OH is 1. The fourth-order valence-electron chi connectivity index (χ4n) is 4.27. The molecule has 3 N–H and O–H groups in total. The van der Waals surface area contributed by atoms with Crippen LogP contribution in [0.1, 0.15) is 48.3 Å². The van der Waals surface area contributed by atoms with Crippen LogP contribution in [-0.2, 0) is 0 Å². The number of nitrogens with zero attached hydrogens (tertiary/aromatic N) is 2. The molecule has 3 heterocycles. The lowest BCUT2D eigenvalue weighted by atomic mass is 9.88. The van der Waals surface area contributed by atoms with Crippen molar-refractivity contribution in [3.63, 3.8) is 0 Å². The number of carbonyl (C=O) groups excluding carboxylic acids is 1. The average Bonchev–Trinajstić information content (AvgIpc) is 3.20. The minimum absolute atomic E-state index is 0.166. The lowest BCUT2D eigenvalue weighted by Crippen LogP contribution is -2.54. The molecule has 0 radical (unpaired) electrons. The SMILES string of the molecule is CSCNc1cc(C(=O)N2CCC(O)CC2(C)C)ncc1C(=N)c1coc2ccccc12. The third-order valence-electron chi connectivity index (χ3n) is 5.95. The fourth-order valence-corrected chi connectivity index (χ4v) is 4.57. The molecule has 1 unspecified atom stereocenters. The molecular weight excluding hydrogens is 424 g/mol. The molecule has 0 spiro atoms. The van der Waals surface area contributed by atoms with Crippen LogP contribution >= 0.6 is 11.8 Å². The molecule has 0 saturated carbocycles. The number of likely N-dealkylation sites (tertiary alicyclic amines) is 1. The highest BCUT2D eigenvalue weighted by atomic mass is 32.2. The summed E-state index contributed by atoms with van der Waals surface area (Å²) < 4.78 is 5.62. The molecule has 1 saturated heterocycles. The van der Waals surface area contributed by atoms with Gasteiger partial charge in [0.05, 0.1) is 17.7 Å². The zero-order chi connectivity index (χ0) is 22.9. The highest BCUT2D eigenvalue weighted by molar-refractivity contribution is 7.98. The molecule has 32 heavy (non-hydrogen) atoms. The second kappa shape index (κ2) is 8.96. The summed E-state index contributed by atoms with van der Waals surface area (Å²) in [5.74, 6) is 0.465. The van der Waals surface area contributed by atoms with E-state index in [0.29, 0.717) is 47.8 Å². The molecule has 8 heteroatoms. The Kier molecular flexibility index (Phi) is 6.26. The Morgan fingerprint density at radius 3 is 2.91 bits per heavy atom. The predicted octanol–water partition coefficient (Wildman–Crippen LogP) is 4.35. The van der Waals surface area contributed by atoms with Gasteiger partial charge in [-0.2, -0.15) is 0 Å². The van der Waals surface area contributed by atoms with Gasteiger partial charge in [0, 0.05) is 40.5 Å². The number of thioether (sulfide) groups is 1. The number of benzene rings is 1. The van der Waals surface area contributed by atoms with Crippen molar-refractivity contribution in [3.05, 3.63) is 59.6 Å². The molecule has 1 amide bonds. The van der Waals surface area contributed by atoms with Crippen molar-refractivity contribution in [2.45, 2.75) is 38.3 Å². The smallest absolute Gasteiger partial charge is 0.272 e. The van der Waals surface area contributed by atoms with E-state index >= 15 is 0 Å². The number of pyridine rings is 1. The van der Waals surface area contributed by atoms with E-state index < -0.39 is 11.6 Å². The molecule has 1 aliphatic rings. The average molecular weight is 453 g/mol. The van der Waals surface area contributed by atoms with Crippen molar-refractivity contribution in [1.29, 1.82) is 5.41 Å². The second-order valence-electron chi connectivity index (χ2n) is 8.66. The number of aliphatic hydroxyl groups is 1. The largest absolute Gasteiger partial charge is 0.464 e. The lowest BCUT2D eigenvalue weighted by molar-refractivity contribution is 0.00292. The first-order chi connectivity index (χ1) is 15.3. The summed E-state index contributed by atoms with van der Waals surface area (Å²) in [4.78, 5) is 19.5. The number of fused-ring (bicyclic) bond motifs is 1. The number of aromatic nitrogens is 1. The monoisotopic (exact) mass is 452 g/mol. The molecule has 1 aliphatic heterocycles. The Bertz CT molecular complexity index is 1160. The van der Waals surface area contributed by atoms with E-state index in [1.54, 1.807) is 35.2 Å². The molecule has 7 nitrogen and oxygen atoms in total. The molecule has 3 aromatic rings. The Labute approximate surface area is 191 Å². The van der Waals surface area contributed by atoms with E-state index in [-0.39, 0.29) is 11.6 Å². The number of carbonyl (C=O) groups is 1. The summed E-state index contributed by atoms with van der Waals surface area (Å²) in [6, 6.07) is 9.34. The first kappa shape index (κ1) is 22.4. The van der Waals surface area contributed by atoms with Crippen molar-refractivity contribution < 1.29 is 14.3 Å². The summed E-state index contributed by atoms with van der Waals surface area (Å²) in [7, 11) is 0. The van der Waals surface area contributed by atoms with E-state index in [9.17, 15) is 9.90 Å². The minimum atomic E-state index is -0.454. The number of hydrogen-bond donors (Lipinski definition) is 3. The van der Waals surface area contributed by atoms with E-state index in [2.05, 4.69) is 10.3 Å². The number of amides is 1. The normalized spacial score (nSPS) is 18.0. The van der Waals surface area contributed by atoms with Gasteiger partial charge in [-0.1, -0.05) is 18.2 Å². The predicted molar refractivity (Wildman–Crippen MR) is 129 cm³/mol. The molecule has 4 rings (SSSR count). The van der Waals surface area contributed by atoms with Gasteiger partial charge in [0.15, 0.2) is 0 Å². The summed E-state index contributed by atoms with van der Waals surface area (Å²) in [6.45, 7) is 4.42. The van der Waals surface area contributed by atoms with Gasteiger partial charge in [-0.15, -0.1) is 11.8 Å². The molecule has 0 bridgehead atoms. The lowest BCUT2D eigenvalue weighted by Gasteiger charge is -2.44. The Hall–Kier alpha value is -2.84. The number of rotatable bonds is 6. The maximum atomic E-state index is 13.3. The van der Waals surface area contributed by atoms with Gasteiger partial charge in [0.1, 0.15) is 17.5 Å². The minimum Gasteiger partial charge on any atom is -0.464 e. The molecule has 1 atom stereocenters. The number of furan rings is 1. The quantitative estimate of drug-likeness (QED) is 0.380. The van der Waals surface area contributed by atoms with Crippen LogP contribution in [0.3, 0.4) is 0 Å². The van der Waals surface area contributed by atoms with Crippen LogP contribution < -0.4 is 5.32 Å². The molecule has 168 valence electrons. The van der Waals surface area contributed by atoms with Crippen LogP contribution in [-0.4, -0.2) is 56.9 Å². The Balaban J connectivity index is 1.69. The zero-order valence-electron chi connectivity index (χ0n) is 18.5. The number of piperidine rings is 1. The van der Waals surface area contributed by atoms with Crippen LogP contribution in [0.5, 0.6) is 0 Å². The standard InChI is InChI=1S/C24H28N4O3S/c1-24(2)11-15(29)8-9-28(24)23(30)20-10-19(27-14-32-3)17(12-26-20)22(25)18-13-31-21-7-5-4-6-16(18)21/h4-7,10,12-13,15,25,29H,8-9,11,14H2,1-3H3,(H,26,27). The number of nitrogens with one attached hydrogen (secondary N) is 2. The van der Waals surface area contributed by atoms with Crippen molar-refractivity contribution >= 4 is 40.0 Å². The van der Waals surface area contributed by atoms with Crippen LogP contribution in [0.4, 0.5) is 5.69 Å². The number of para-hydroxylation sites is 1. The van der Waals surface area contributed by atoms with Gasteiger partial charge in [0.2, 0.25) is 0 Å². The Morgan fingerprint density at radius 2 is 2.16 bits per heavy atom. The van der Waals surface area contributed by atoms with Crippen molar-refractivity contribution in [2.75, 3.05) is 24.0 Å². The Morgan fingerprint density at radius 1 is 1.38 bits per heavy atom.